The van der Waals surface area contributed by atoms with Crippen molar-refractivity contribution >= 4 is 23.3 Å². The Morgan fingerprint density at radius 3 is 1.58 bits per heavy atom. The fraction of sp³-hybridized carbons (Fsp3) is 0.500. The number of nitrogens with zero attached hydrogens (tertiary/aromatic N) is 2. The fourth-order valence-electron chi connectivity index (χ4n) is 3.64. The van der Waals surface area contributed by atoms with Gasteiger partial charge in [-0.2, -0.15) is 0 Å². The standard InChI is InChI=1S/C28H40N2.Ni/c1-6-11-12-13-14-26(30-28-19-24(9-4)16-25(10-5)20-28)21-29-27-17-22(7-2)15-23(8-3)18-27;/h15-21H,6-14H2,1-5H3;. The molecule has 0 unspecified atom stereocenters. The van der Waals surface area contributed by atoms with Gasteiger partial charge in [0.25, 0.3) is 0 Å². The quantitative estimate of drug-likeness (QED) is 0.172. The predicted octanol–water partition coefficient (Wildman–Crippen LogP) is 8.38. The van der Waals surface area contributed by atoms with Crippen LogP contribution in [0, 0.1) is 0 Å². The average molecular weight is 463 g/mol. The maximum atomic E-state index is 5.04. The Morgan fingerprint density at radius 2 is 1.13 bits per heavy atom. The summed E-state index contributed by atoms with van der Waals surface area (Å²) >= 11 is 0. The Kier molecular flexibility index (Phi) is 13.3. The van der Waals surface area contributed by atoms with E-state index in [1.807, 2.05) is 6.21 Å². The van der Waals surface area contributed by atoms with E-state index in [4.69, 9.17) is 9.98 Å². The van der Waals surface area contributed by atoms with Crippen molar-refractivity contribution in [3.63, 3.8) is 0 Å². The maximum absolute atomic E-state index is 5.04. The summed E-state index contributed by atoms with van der Waals surface area (Å²) in [6.45, 7) is 11.1. The van der Waals surface area contributed by atoms with Crippen LogP contribution in [0.4, 0.5) is 11.4 Å². The summed E-state index contributed by atoms with van der Waals surface area (Å²) in [7, 11) is 0. The number of unbranched alkanes of at least 4 members (excludes halogenated alkanes) is 3. The molecule has 0 saturated carbocycles. The molecule has 0 radical (unpaired) electrons. The van der Waals surface area contributed by atoms with E-state index in [9.17, 15) is 0 Å². The van der Waals surface area contributed by atoms with Crippen molar-refractivity contribution in [2.75, 3.05) is 0 Å². The molecule has 0 atom stereocenters. The van der Waals surface area contributed by atoms with Crippen LogP contribution in [0.3, 0.4) is 0 Å². The van der Waals surface area contributed by atoms with Gasteiger partial charge < -0.3 is 0 Å². The number of rotatable bonds is 12. The summed E-state index contributed by atoms with van der Waals surface area (Å²) in [4.78, 5) is 9.89. The molecule has 31 heavy (non-hydrogen) atoms. The van der Waals surface area contributed by atoms with Gasteiger partial charge in [-0.25, -0.2) is 0 Å². The number of benzene rings is 2. The van der Waals surface area contributed by atoms with E-state index in [1.165, 1.54) is 47.9 Å². The molecule has 0 N–H and O–H groups in total. The van der Waals surface area contributed by atoms with Crippen LogP contribution in [0.5, 0.6) is 0 Å². The summed E-state index contributed by atoms with van der Waals surface area (Å²) in [5.41, 5.74) is 8.62. The number of hydrogen-bond acceptors (Lipinski definition) is 2. The molecule has 2 nitrogen and oxygen atoms in total. The molecule has 0 amide bonds. The molecule has 0 spiro atoms. The molecule has 0 fully saturated rings. The molecule has 2 aromatic rings. The summed E-state index contributed by atoms with van der Waals surface area (Å²) in [6.07, 6.45) is 12.1. The van der Waals surface area contributed by atoms with Crippen molar-refractivity contribution in [1.82, 2.24) is 0 Å². The monoisotopic (exact) mass is 462 g/mol. The molecule has 3 heteroatoms. The first-order valence-corrected chi connectivity index (χ1v) is 12.0. The second kappa shape index (κ2) is 15.1. The van der Waals surface area contributed by atoms with E-state index in [-0.39, 0.29) is 16.5 Å². The third-order valence-corrected chi connectivity index (χ3v) is 5.63. The van der Waals surface area contributed by atoms with Gasteiger partial charge >= 0.3 is 0 Å². The Morgan fingerprint density at radius 1 is 0.645 bits per heavy atom. The molecule has 0 bridgehead atoms. The van der Waals surface area contributed by atoms with E-state index in [1.54, 1.807) is 0 Å². The maximum Gasteiger partial charge on any atom is 0.0639 e. The summed E-state index contributed by atoms with van der Waals surface area (Å²) in [5.74, 6) is 0. The molecule has 0 saturated heterocycles. The van der Waals surface area contributed by atoms with Gasteiger partial charge in [0.1, 0.15) is 0 Å². The largest absolute Gasteiger partial charge is 0.255 e. The van der Waals surface area contributed by atoms with Gasteiger partial charge in [0.15, 0.2) is 0 Å². The Labute approximate surface area is 200 Å². The third kappa shape index (κ3) is 9.52. The van der Waals surface area contributed by atoms with Gasteiger partial charge in [-0.1, -0.05) is 66.0 Å². The summed E-state index contributed by atoms with van der Waals surface area (Å²) in [5, 5.41) is 0. The van der Waals surface area contributed by atoms with E-state index in [0.717, 1.165) is 49.2 Å². The van der Waals surface area contributed by atoms with Gasteiger partial charge in [0, 0.05) is 22.7 Å². The van der Waals surface area contributed by atoms with Gasteiger partial charge in [0.2, 0.25) is 0 Å². The Balaban J connectivity index is 0.00000480. The third-order valence-electron chi connectivity index (χ3n) is 5.63. The van der Waals surface area contributed by atoms with E-state index < -0.39 is 0 Å². The van der Waals surface area contributed by atoms with E-state index >= 15 is 0 Å². The molecule has 0 heterocycles. The van der Waals surface area contributed by atoms with Gasteiger partial charge in [0.05, 0.1) is 17.1 Å². The Hall–Kier alpha value is -1.73. The minimum atomic E-state index is 0. The minimum Gasteiger partial charge on any atom is -0.255 e. The smallest absolute Gasteiger partial charge is 0.0639 e. The van der Waals surface area contributed by atoms with Crippen molar-refractivity contribution in [1.29, 1.82) is 0 Å². The minimum absolute atomic E-state index is 0. The first-order chi connectivity index (χ1) is 14.6. The average Bonchev–Trinajstić information content (AvgIpc) is 2.79. The fourth-order valence-corrected chi connectivity index (χ4v) is 3.64. The second-order valence-corrected chi connectivity index (χ2v) is 8.10. The first-order valence-electron chi connectivity index (χ1n) is 12.0. The van der Waals surface area contributed by atoms with Crippen molar-refractivity contribution in [3.8, 4) is 0 Å². The van der Waals surface area contributed by atoms with Crippen molar-refractivity contribution < 1.29 is 16.5 Å². The van der Waals surface area contributed by atoms with Gasteiger partial charge in [-0.3, -0.25) is 9.98 Å². The molecule has 0 aliphatic carbocycles. The van der Waals surface area contributed by atoms with Crippen LogP contribution < -0.4 is 0 Å². The number of aryl methyl sites for hydroxylation is 4. The van der Waals surface area contributed by atoms with Crippen molar-refractivity contribution in [3.05, 3.63) is 58.7 Å². The summed E-state index contributed by atoms with van der Waals surface area (Å²) in [6, 6.07) is 13.5. The van der Waals surface area contributed by atoms with Crippen LogP contribution in [0.2, 0.25) is 0 Å². The van der Waals surface area contributed by atoms with E-state index in [2.05, 4.69) is 71.0 Å². The van der Waals surface area contributed by atoms with Crippen LogP contribution in [0.1, 0.15) is 89.0 Å². The molecule has 172 valence electrons. The second-order valence-electron chi connectivity index (χ2n) is 8.10. The van der Waals surface area contributed by atoms with Crippen molar-refractivity contribution in [2.24, 2.45) is 9.98 Å². The zero-order valence-corrected chi connectivity index (χ0v) is 21.1. The normalized spacial score (nSPS) is 11.7. The number of aliphatic imine (C=N–C) groups is 2. The molecular formula is C28H40N2Ni. The molecular weight excluding hydrogens is 423 g/mol. The molecule has 2 rings (SSSR count). The molecule has 0 aliphatic heterocycles. The number of hydrogen-bond donors (Lipinski definition) is 0. The van der Waals surface area contributed by atoms with E-state index in [0.29, 0.717) is 0 Å². The van der Waals surface area contributed by atoms with Crippen LogP contribution in [-0.2, 0) is 42.2 Å². The van der Waals surface area contributed by atoms with Crippen LogP contribution in [-0.4, -0.2) is 11.9 Å². The molecule has 0 aromatic heterocycles. The zero-order chi connectivity index (χ0) is 21.8. The van der Waals surface area contributed by atoms with Crippen LogP contribution >= 0.6 is 0 Å². The SMILES string of the molecule is CCCCCCC(C=Nc1cc(CC)cc(CC)c1)=Nc1cc(CC)cc(CC)c1.[Ni]. The predicted molar refractivity (Wildman–Crippen MR) is 134 cm³/mol. The topological polar surface area (TPSA) is 24.7 Å². The molecule has 2 aromatic carbocycles. The van der Waals surface area contributed by atoms with Gasteiger partial charge in [-0.05, 0) is 85.0 Å². The zero-order valence-electron chi connectivity index (χ0n) is 20.1. The van der Waals surface area contributed by atoms with Crippen molar-refractivity contribution in [2.45, 2.75) is 92.4 Å². The first kappa shape index (κ1) is 27.3. The molecule has 0 aliphatic rings. The summed E-state index contributed by atoms with van der Waals surface area (Å²) < 4.78 is 0. The Bertz CT molecular complexity index is 808. The van der Waals surface area contributed by atoms with Crippen LogP contribution in [0.15, 0.2) is 46.4 Å². The van der Waals surface area contributed by atoms with Gasteiger partial charge in [-0.15, -0.1) is 0 Å². The van der Waals surface area contributed by atoms with Crippen LogP contribution in [0.25, 0.3) is 0 Å².